The summed E-state index contributed by atoms with van der Waals surface area (Å²) >= 11 is 3.56. The molecule has 2 heterocycles. The Morgan fingerprint density at radius 1 is 0.784 bits per heavy atom. The molecule has 0 saturated carbocycles. The minimum atomic E-state index is -0.247. The number of nitrogens with one attached hydrogen (secondary N) is 1. The van der Waals surface area contributed by atoms with Crippen LogP contribution in [0, 0.1) is 0 Å². The summed E-state index contributed by atoms with van der Waals surface area (Å²) in [6.07, 6.45) is 7.31. The molecule has 8 heteroatoms. The van der Waals surface area contributed by atoms with Crippen molar-refractivity contribution in [3.05, 3.63) is 174 Å². The number of benzene rings is 5. The predicted octanol–water partition coefficient (Wildman–Crippen LogP) is 10.8. The van der Waals surface area contributed by atoms with E-state index in [0.29, 0.717) is 35.9 Å². The van der Waals surface area contributed by atoms with Crippen molar-refractivity contribution < 1.29 is 14.3 Å². The van der Waals surface area contributed by atoms with Crippen molar-refractivity contribution in [2.45, 2.75) is 32.6 Å². The number of allylic oxidation sites excluding steroid dienone is 1. The molecule has 0 unspecified atom stereocenters. The lowest BCUT2D eigenvalue weighted by atomic mass is 10.1. The number of aryl methyl sites for hydroxylation is 1. The summed E-state index contributed by atoms with van der Waals surface area (Å²) in [6, 6.07) is 41.6. The van der Waals surface area contributed by atoms with Gasteiger partial charge in [0.05, 0.1) is 11.4 Å². The first kappa shape index (κ1) is 33.6. The highest BCUT2D eigenvalue weighted by molar-refractivity contribution is 9.10. The van der Waals surface area contributed by atoms with Gasteiger partial charge >= 0.3 is 0 Å². The standard InChI is InChI=1S/C43H37BrN4O3/c1-2-3-13-22-48-41(26-38(46-48)33-18-11-6-12-19-33)45-39-24-37(50-29-31-14-7-4-8-15-31)25-40(51-30-32-16-9-5-10-17-32)42(39)43(49)47-27-34-20-21-36(44)23-35(34)28-47/h2,4-12,14-21,23-28,45H,1,3,13,22,29-30H2. The largest absolute Gasteiger partial charge is 0.489 e. The van der Waals surface area contributed by atoms with Crippen molar-refractivity contribution in [1.82, 2.24) is 14.3 Å². The molecule has 0 amide bonds. The second-order valence-electron chi connectivity index (χ2n) is 12.2. The number of carbonyl (C=O) groups is 1. The first-order chi connectivity index (χ1) is 25.0. The van der Waals surface area contributed by atoms with Gasteiger partial charge in [0.2, 0.25) is 0 Å². The smallest absolute Gasteiger partial charge is 0.267 e. The molecular formula is C43H37BrN4O3. The van der Waals surface area contributed by atoms with E-state index in [4.69, 9.17) is 14.6 Å². The van der Waals surface area contributed by atoms with Crippen molar-refractivity contribution >= 4 is 44.1 Å². The van der Waals surface area contributed by atoms with Crippen molar-refractivity contribution in [2.24, 2.45) is 0 Å². The van der Waals surface area contributed by atoms with Crippen LogP contribution < -0.4 is 14.8 Å². The quantitative estimate of drug-likeness (QED) is 0.0889. The minimum Gasteiger partial charge on any atom is -0.489 e. The van der Waals surface area contributed by atoms with Gasteiger partial charge in [-0.15, -0.1) is 6.58 Å². The number of fused-ring (bicyclic) bond motifs is 1. The van der Waals surface area contributed by atoms with Gasteiger partial charge < -0.3 is 14.8 Å². The molecule has 7 aromatic rings. The number of aromatic nitrogens is 3. The Labute approximate surface area is 305 Å². The fourth-order valence-corrected chi connectivity index (χ4v) is 6.28. The maximum atomic E-state index is 14.7. The fourth-order valence-electron chi connectivity index (χ4n) is 5.90. The number of anilines is 2. The SMILES string of the molecule is C=CCCCn1nc(-c2ccccc2)cc1Nc1cc(OCc2ccccc2)cc(OCc2ccccc2)c1C(=O)n1cc2ccc(Br)cc2c1. The van der Waals surface area contributed by atoms with E-state index >= 15 is 0 Å². The molecule has 0 aliphatic heterocycles. The van der Waals surface area contributed by atoms with Crippen LogP contribution >= 0.6 is 15.9 Å². The van der Waals surface area contributed by atoms with Gasteiger partial charge in [0, 0.05) is 52.6 Å². The summed E-state index contributed by atoms with van der Waals surface area (Å²) in [7, 11) is 0. The lowest BCUT2D eigenvalue weighted by Crippen LogP contribution is -2.16. The highest BCUT2D eigenvalue weighted by Crippen LogP contribution is 2.37. The van der Waals surface area contributed by atoms with Crippen molar-refractivity contribution in [2.75, 3.05) is 5.32 Å². The van der Waals surface area contributed by atoms with E-state index in [9.17, 15) is 4.79 Å². The van der Waals surface area contributed by atoms with E-state index in [1.54, 1.807) is 10.6 Å². The van der Waals surface area contributed by atoms with E-state index in [0.717, 1.165) is 56.3 Å². The van der Waals surface area contributed by atoms with Crippen LogP contribution in [-0.2, 0) is 19.8 Å². The molecule has 0 aliphatic rings. The van der Waals surface area contributed by atoms with Gasteiger partial charge in [-0.3, -0.25) is 9.36 Å². The third-order valence-electron chi connectivity index (χ3n) is 8.51. The monoisotopic (exact) mass is 736 g/mol. The van der Waals surface area contributed by atoms with E-state index in [2.05, 4.69) is 27.8 Å². The summed E-state index contributed by atoms with van der Waals surface area (Å²) in [4.78, 5) is 14.7. The fraction of sp³-hybridized carbons (Fsp3) is 0.116. The van der Waals surface area contributed by atoms with Gasteiger partial charge in [0.15, 0.2) is 0 Å². The number of carbonyl (C=O) groups excluding carboxylic acids is 1. The van der Waals surface area contributed by atoms with E-state index < -0.39 is 0 Å². The second kappa shape index (κ2) is 15.8. The van der Waals surface area contributed by atoms with E-state index in [-0.39, 0.29) is 12.5 Å². The van der Waals surface area contributed by atoms with Crippen LogP contribution in [0.3, 0.4) is 0 Å². The number of unbranched alkanes of at least 4 members (excludes halogenated alkanes) is 1. The molecule has 0 atom stereocenters. The van der Waals surface area contributed by atoms with Crippen molar-refractivity contribution in [3.63, 3.8) is 0 Å². The molecule has 0 aliphatic carbocycles. The normalized spacial score (nSPS) is 11.0. The molecule has 0 spiro atoms. The van der Waals surface area contributed by atoms with Crippen LogP contribution in [-0.4, -0.2) is 20.3 Å². The van der Waals surface area contributed by atoms with Gasteiger partial charge in [-0.2, -0.15) is 5.10 Å². The van der Waals surface area contributed by atoms with Crippen LogP contribution in [0.4, 0.5) is 11.5 Å². The lowest BCUT2D eigenvalue weighted by molar-refractivity contribution is 0.0957. The van der Waals surface area contributed by atoms with E-state index in [1.807, 2.05) is 144 Å². The molecule has 254 valence electrons. The summed E-state index contributed by atoms with van der Waals surface area (Å²) in [5.41, 5.74) is 4.73. The van der Waals surface area contributed by atoms with Crippen LogP contribution in [0.5, 0.6) is 11.5 Å². The highest BCUT2D eigenvalue weighted by atomic mass is 79.9. The topological polar surface area (TPSA) is 70.3 Å². The zero-order valence-corrected chi connectivity index (χ0v) is 29.6. The average molecular weight is 738 g/mol. The first-order valence-corrected chi connectivity index (χ1v) is 17.7. The van der Waals surface area contributed by atoms with Gasteiger partial charge in [0.1, 0.15) is 36.1 Å². The summed E-state index contributed by atoms with van der Waals surface area (Å²) in [6.45, 7) is 5.17. The van der Waals surface area contributed by atoms with Crippen molar-refractivity contribution in [3.8, 4) is 22.8 Å². The maximum absolute atomic E-state index is 14.7. The Morgan fingerprint density at radius 2 is 1.45 bits per heavy atom. The summed E-state index contributed by atoms with van der Waals surface area (Å²) < 4.78 is 17.4. The van der Waals surface area contributed by atoms with Crippen LogP contribution in [0.1, 0.15) is 34.3 Å². The third-order valence-corrected chi connectivity index (χ3v) is 9.00. The minimum absolute atomic E-state index is 0.247. The van der Waals surface area contributed by atoms with Crippen LogP contribution in [0.25, 0.3) is 22.0 Å². The Morgan fingerprint density at radius 3 is 2.16 bits per heavy atom. The van der Waals surface area contributed by atoms with E-state index in [1.165, 1.54) is 0 Å². The van der Waals surface area contributed by atoms with Gasteiger partial charge in [-0.05, 0) is 41.5 Å². The number of ether oxygens (including phenoxy) is 2. The highest BCUT2D eigenvalue weighted by Gasteiger charge is 2.24. The maximum Gasteiger partial charge on any atom is 0.267 e. The van der Waals surface area contributed by atoms with Gasteiger partial charge in [-0.1, -0.05) is 119 Å². The number of halogens is 1. The molecule has 0 radical (unpaired) electrons. The first-order valence-electron chi connectivity index (χ1n) is 16.9. The summed E-state index contributed by atoms with van der Waals surface area (Å²) in [5.74, 6) is 1.45. The number of hydrogen-bond donors (Lipinski definition) is 1. The predicted molar refractivity (Wildman–Crippen MR) is 208 cm³/mol. The van der Waals surface area contributed by atoms with Crippen LogP contribution in [0.15, 0.2) is 157 Å². The molecule has 7 rings (SSSR count). The lowest BCUT2D eigenvalue weighted by Gasteiger charge is -2.19. The Bertz CT molecular complexity index is 2260. The molecule has 7 nitrogen and oxygen atoms in total. The Hall–Kier alpha value is -5.86. The van der Waals surface area contributed by atoms with Gasteiger partial charge in [-0.25, -0.2) is 4.68 Å². The second-order valence-corrected chi connectivity index (χ2v) is 13.1. The van der Waals surface area contributed by atoms with Crippen LogP contribution in [0.2, 0.25) is 0 Å². The van der Waals surface area contributed by atoms with Gasteiger partial charge in [0.25, 0.3) is 5.91 Å². The molecule has 0 saturated heterocycles. The molecule has 2 aromatic heterocycles. The molecule has 5 aromatic carbocycles. The molecule has 1 N–H and O–H groups in total. The molecule has 0 bridgehead atoms. The third kappa shape index (κ3) is 8.14. The molecule has 51 heavy (non-hydrogen) atoms. The van der Waals surface area contributed by atoms with Crippen molar-refractivity contribution in [1.29, 1.82) is 0 Å². The Balaban J connectivity index is 1.35. The molecule has 0 fully saturated rings. The Kier molecular flexibility index (Phi) is 10.4. The zero-order valence-electron chi connectivity index (χ0n) is 28.0. The average Bonchev–Trinajstić information content (AvgIpc) is 3.78. The number of nitrogens with zero attached hydrogens (tertiary/aromatic N) is 3. The number of rotatable bonds is 14. The molecular weight excluding hydrogens is 700 g/mol. The number of hydrogen-bond acceptors (Lipinski definition) is 5. The summed E-state index contributed by atoms with van der Waals surface area (Å²) in [5, 5.41) is 10.5. The zero-order chi connectivity index (χ0) is 35.0.